The third-order valence-electron chi connectivity index (χ3n) is 7.02. The van der Waals surface area contributed by atoms with Gasteiger partial charge in [0.1, 0.15) is 18.2 Å². The first-order chi connectivity index (χ1) is 18.7. The average Bonchev–Trinajstić information content (AvgIpc) is 3.09. The lowest BCUT2D eigenvalue weighted by Crippen LogP contribution is -2.51. The Balaban J connectivity index is 1.42. The lowest BCUT2D eigenvalue weighted by molar-refractivity contribution is -0.135. The van der Waals surface area contributed by atoms with E-state index < -0.39 is 29.6 Å². The summed E-state index contributed by atoms with van der Waals surface area (Å²) in [6, 6.07) is 10.7. The number of piperidine rings is 1. The summed E-state index contributed by atoms with van der Waals surface area (Å²) in [4.78, 5) is 55.9. The van der Waals surface area contributed by atoms with Crippen LogP contribution in [-0.2, 0) is 20.8 Å². The number of likely N-dealkylation sites (N-methyl/N-ethyl adjacent to an activating group) is 1. The minimum atomic E-state index is -0.962. The van der Waals surface area contributed by atoms with Crippen LogP contribution >= 0.6 is 0 Å². The minimum Gasteiger partial charge on any atom is -0.345 e. The van der Waals surface area contributed by atoms with Gasteiger partial charge in [0.25, 0.3) is 5.91 Å². The van der Waals surface area contributed by atoms with Crippen molar-refractivity contribution in [1.29, 1.82) is 0 Å². The summed E-state index contributed by atoms with van der Waals surface area (Å²) < 4.78 is 29.0. The highest BCUT2D eigenvalue weighted by Gasteiger charge is 2.32. The van der Waals surface area contributed by atoms with Gasteiger partial charge in [0, 0.05) is 51.7 Å². The van der Waals surface area contributed by atoms with Crippen molar-refractivity contribution in [3.8, 4) is 0 Å². The van der Waals surface area contributed by atoms with Crippen LogP contribution in [0.15, 0.2) is 48.7 Å². The molecule has 2 aliphatic heterocycles. The number of hydrogen-bond donors (Lipinski definition) is 1. The van der Waals surface area contributed by atoms with E-state index in [0.29, 0.717) is 38.9 Å². The molecule has 1 fully saturated rings. The highest BCUT2D eigenvalue weighted by Crippen LogP contribution is 2.26. The molecular formula is C28H31F2N5O4. The summed E-state index contributed by atoms with van der Waals surface area (Å²) in [5.41, 5.74) is 0.920. The standard InChI is InChI=1S/C28H31F2N5O4/c1-32(2)27(38)21(26-22(29)7-5-8-23(26)30)16-33(18-36)17-25(37)34-13-11-20(12-14-34)35-15-10-19-6-3-4-9-24(19)31-28(35)39/h3-9,16,18,20H,10-15,17H2,1-2H3,(H,31,39)/b21-16-. The number of hydrogen-bond acceptors (Lipinski definition) is 4. The number of benzene rings is 2. The van der Waals surface area contributed by atoms with Crippen LogP contribution in [0.1, 0.15) is 24.0 Å². The van der Waals surface area contributed by atoms with E-state index in [0.717, 1.165) is 45.8 Å². The molecule has 0 saturated carbocycles. The van der Waals surface area contributed by atoms with Crippen molar-refractivity contribution >= 4 is 35.5 Å². The highest BCUT2D eigenvalue weighted by atomic mass is 19.1. The number of halogens is 2. The van der Waals surface area contributed by atoms with Gasteiger partial charge in [-0.05, 0) is 43.0 Å². The van der Waals surface area contributed by atoms with E-state index in [2.05, 4.69) is 5.32 Å². The molecule has 0 atom stereocenters. The summed E-state index contributed by atoms with van der Waals surface area (Å²) >= 11 is 0. The van der Waals surface area contributed by atoms with Crippen molar-refractivity contribution in [2.75, 3.05) is 45.6 Å². The molecule has 0 aromatic heterocycles. The summed E-state index contributed by atoms with van der Waals surface area (Å²) in [7, 11) is 2.83. The SMILES string of the molecule is CN(C)C(=O)/C(=C\N(C=O)CC(=O)N1CCC(N2CCc3ccccc3NC2=O)CC1)c1c(F)cccc1F. The molecule has 2 aromatic rings. The van der Waals surface area contributed by atoms with Gasteiger partial charge in [-0.15, -0.1) is 0 Å². The molecule has 0 unspecified atom stereocenters. The highest BCUT2D eigenvalue weighted by molar-refractivity contribution is 6.19. The molecule has 39 heavy (non-hydrogen) atoms. The van der Waals surface area contributed by atoms with Gasteiger partial charge in [-0.3, -0.25) is 14.4 Å². The van der Waals surface area contributed by atoms with Gasteiger partial charge < -0.3 is 24.9 Å². The number of urea groups is 1. The van der Waals surface area contributed by atoms with E-state index in [-0.39, 0.29) is 23.6 Å². The summed E-state index contributed by atoms with van der Waals surface area (Å²) in [6.45, 7) is 0.915. The fourth-order valence-electron chi connectivity index (χ4n) is 4.92. The number of carbonyl (C=O) groups is 4. The second-order valence-electron chi connectivity index (χ2n) is 9.76. The Morgan fingerprint density at radius 2 is 1.69 bits per heavy atom. The molecule has 206 valence electrons. The van der Waals surface area contributed by atoms with Crippen LogP contribution in [0.4, 0.5) is 19.3 Å². The van der Waals surface area contributed by atoms with E-state index in [1.807, 2.05) is 29.2 Å². The predicted octanol–water partition coefficient (Wildman–Crippen LogP) is 2.93. The Bertz CT molecular complexity index is 1270. The molecule has 2 aliphatic rings. The molecule has 4 rings (SSSR count). The van der Waals surface area contributed by atoms with Crippen molar-refractivity contribution in [3.05, 3.63) is 71.4 Å². The van der Waals surface area contributed by atoms with E-state index in [1.165, 1.54) is 20.2 Å². The fourth-order valence-corrected chi connectivity index (χ4v) is 4.92. The maximum atomic E-state index is 14.5. The van der Waals surface area contributed by atoms with E-state index in [1.54, 1.807) is 4.90 Å². The van der Waals surface area contributed by atoms with Gasteiger partial charge in [-0.25, -0.2) is 13.6 Å². The summed E-state index contributed by atoms with van der Waals surface area (Å²) in [5, 5.41) is 2.96. The number of nitrogens with zero attached hydrogens (tertiary/aromatic N) is 4. The number of fused-ring (bicyclic) bond motifs is 1. The molecule has 1 N–H and O–H groups in total. The molecule has 2 heterocycles. The molecular weight excluding hydrogens is 508 g/mol. The molecule has 9 nitrogen and oxygen atoms in total. The van der Waals surface area contributed by atoms with Crippen LogP contribution in [0.3, 0.4) is 0 Å². The van der Waals surface area contributed by atoms with Crippen molar-refractivity contribution < 1.29 is 28.0 Å². The monoisotopic (exact) mass is 539 g/mol. The quantitative estimate of drug-likeness (QED) is 0.433. The lowest BCUT2D eigenvalue weighted by atomic mass is 10.0. The normalized spacial score (nSPS) is 16.2. The Kier molecular flexibility index (Phi) is 8.58. The molecule has 0 bridgehead atoms. The third-order valence-corrected chi connectivity index (χ3v) is 7.02. The zero-order chi connectivity index (χ0) is 28.1. The van der Waals surface area contributed by atoms with Crippen LogP contribution in [0.2, 0.25) is 0 Å². The second-order valence-corrected chi connectivity index (χ2v) is 9.76. The number of amides is 5. The minimum absolute atomic E-state index is 0.0428. The maximum Gasteiger partial charge on any atom is 0.322 e. The Morgan fingerprint density at radius 3 is 2.33 bits per heavy atom. The topological polar surface area (TPSA) is 93.3 Å². The van der Waals surface area contributed by atoms with Crippen molar-refractivity contribution in [2.24, 2.45) is 0 Å². The van der Waals surface area contributed by atoms with Gasteiger partial charge in [-0.1, -0.05) is 24.3 Å². The number of rotatable bonds is 7. The second kappa shape index (κ2) is 12.1. The number of carbonyl (C=O) groups excluding carboxylic acids is 4. The lowest BCUT2D eigenvalue weighted by Gasteiger charge is -2.38. The summed E-state index contributed by atoms with van der Waals surface area (Å²) in [6.07, 6.45) is 3.20. The molecule has 0 radical (unpaired) electrons. The van der Waals surface area contributed by atoms with Gasteiger partial charge >= 0.3 is 6.03 Å². The van der Waals surface area contributed by atoms with E-state index in [9.17, 15) is 28.0 Å². The number of anilines is 1. The van der Waals surface area contributed by atoms with E-state index >= 15 is 0 Å². The zero-order valence-corrected chi connectivity index (χ0v) is 21.9. The number of nitrogens with one attached hydrogen (secondary N) is 1. The molecule has 5 amide bonds. The predicted molar refractivity (Wildman–Crippen MR) is 141 cm³/mol. The van der Waals surface area contributed by atoms with Gasteiger partial charge in [-0.2, -0.15) is 0 Å². The smallest absolute Gasteiger partial charge is 0.322 e. The first-order valence-electron chi connectivity index (χ1n) is 12.7. The fraction of sp³-hybridized carbons (Fsp3) is 0.357. The van der Waals surface area contributed by atoms with Crippen LogP contribution in [0.25, 0.3) is 5.57 Å². The average molecular weight is 540 g/mol. The van der Waals surface area contributed by atoms with Gasteiger partial charge in [0.15, 0.2) is 0 Å². The van der Waals surface area contributed by atoms with Crippen LogP contribution in [-0.4, -0.2) is 90.2 Å². The summed E-state index contributed by atoms with van der Waals surface area (Å²) in [5.74, 6) is -3.03. The van der Waals surface area contributed by atoms with Gasteiger partial charge in [0.05, 0.1) is 11.1 Å². The molecule has 0 spiro atoms. The van der Waals surface area contributed by atoms with Crippen LogP contribution in [0.5, 0.6) is 0 Å². The van der Waals surface area contributed by atoms with Crippen molar-refractivity contribution in [2.45, 2.75) is 25.3 Å². The van der Waals surface area contributed by atoms with E-state index in [4.69, 9.17) is 0 Å². The molecule has 1 saturated heterocycles. The maximum absolute atomic E-state index is 14.5. The van der Waals surface area contributed by atoms with Gasteiger partial charge in [0.2, 0.25) is 12.3 Å². The van der Waals surface area contributed by atoms with Crippen LogP contribution in [0, 0.1) is 11.6 Å². The zero-order valence-electron chi connectivity index (χ0n) is 21.9. The van der Waals surface area contributed by atoms with Crippen LogP contribution < -0.4 is 5.32 Å². The Morgan fingerprint density at radius 1 is 1.03 bits per heavy atom. The first-order valence-corrected chi connectivity index (χ1v) is 12.7. The number of likely N-dealkylation sites (tertiary alicyclic amines) is 1. The molecule has 2 aromatic carbocycles. The Hall–Kier alpha value is -4.28. The number of para-hydroxylation sites is 1. The third kappa shape index (κ3) is 6.24. The van der Waals surface area contributed by atoms with Crippen molar-refractivity contribution in [1.82, 2.24) is 19.6 Å². The first kappa shape index (κ1) is 27.7. The largest absolute Gasteiger partial charge is 0.345 e. The van der Waals surface area contributed by atoms with Crippen molar-refractivity contribution in [3.63, 3.8) is 0 Å². The molecule has 0 aliphatic carbocycles. The molecule has 11 heteroatoms. The Labute approximate surface area is 225 Å².